The molecule has 1 aromatic rings. The van der Waals surface area contributed by atoms with Crippen molar-refractivity contribution in [3.8, 4) is 5.75 Å². The first-order chi connectivity index (χ1) is 7.40. The number of methoxy groups -OCH3 is 1. The van der Waals surface area contributed by atoms with E-state index in [0.717, 1.165) is 5.56 Å². The van der Waals surface area contributed by atoms with E-state index in [0.29, 0.717) is 17.2 Å². The second kappa shape index (κ2) is 4.84. The number of nitrogens with two attached hydrogens (primary N) is 1. The summed E-state index contributed by atoms with van der Waals surface area (Å²) in [7, 11) is -1.75. The van der Waals surface area contributed by atoms with Crippen LogP contribution in [-0.4, -0.2) is 28.3 Å². The Bertz CT molecular complexity index is 468. The van der Waals surface area contributed by atoms with E-state index >= 15 is 0 Å². The first-order valence-electron chi connectivity index (χ1n) is 4.98. The topological polar surface area (TPSA) is 69.4 Å². The highest BCUT2D eigenvalue weighted by molar-refractivity contribution is 7.90. The summed E-state index contributed by atoms with van der Waals surface area (Å²) < 4.78 is 28.3. The Labute approximate surface area is 96.3 Å². The van der Waals surface area contributed by atoms with Gasteiger partial charge in [0.25, 0.3) is 0 Å². The van der Waals surface area contributed by atoms with E-state index in [1.54, 1.807) is 12.1 Å². The zero-order valence-electron chi connectivity index (χ0n) is 9.73. The van der Waals surface area contributed by atoms with E-state index in [1.165, 1.54) is 19.4 Å². The predicted molar refractivity (Wildman–Crippen MR) is 63.6 cm³/mol. The Kier molecular flexibility index (Phi) is 3.93. The van der Waals surface area contributed by atoms with Crippen LogP contribution in [0, 0.1) is 0 Å². The summed E-state index contributed by atoms with van der Waals surface area (Å²) >= 11 is 0. The fourth-order valence-electron chi connectivity index (χ4n) is 1.50. The number of hydrogen-bond donors (Lipinski definition) is 1. The molecule has 0 aromatic heterocycles. The van der Waals surface area contributed by atoms with Gasteiger partial charge in [0, 0.05) is 6.26 Å². The SMILES string of the molecule is COc1ccc(C(C)CN)c(S(C)(=O)=O)c1. The number of hydrogen-bond acceptors (Lipinski definition) is 4. The lowest BCUT2D eigenvalue weighted by atomic mass is 10.0. The zero-order valence-corrected chi connectivity index (χ0v) is 10.5. The molecule has 0 saturated heterocycles. The van der Waals surface area contributed by atoms with Crippen LogP contribution in [0.5, 0.6) is 5.75 Å². The fraction of sp³-hybridized carbons (Fsp3) is 0.455. The molecule has 0 aliphatic rings. The van der Waals surface area contributed by atoms with E-state index in [9.17, 15) is 8.42 Å². The minimum Gasteiger partial charge on any atom is -0.497 e. The van der Waals surface area contributed by atoms with Gasteiger partial charge < -0.3 is 10.5 Å². The first kappa shape index (κ1) is 13.0. The maximum absolute atomic E-state index is 11.6. The molecule has 90 valence electrons. The van der Waals surface area contributed by atoms with Crippen LogP contribution in [0.2, 0.25) is 0 Å². The van der Waals surface area contributed by atoms with Gasteiger partial charge in [-0.05, 0) is 30.2 Å². The van der Waals surface area contributed by atoms with Crippen molar-refractivity contribution in [3.63, 3.8) is 0 Å². The van der Waals surface area contributed by atoms with E-state index < -0.39 is 9.84 Å². The minimum atomic E-state index is -3.26. The molecule has 0 bridgehead atoms. The minimum absolute atomic E-state index is 0.00984. The molecule has 1 atom stereocenters. The van der Waals surface area contributed by atoms with Gasteiger partial charge in [-0.1, -0.05) is 13.0 Å². The zero-order chi connectivity index (χ0) is 12.3. The molecule has 0 saturated carbocycles. The number of benzene rings is 1. The van der Waals surface area contributed by atoms with Crippen molar-refractivity contribution in [3.05, 3.63) is 23.8 Å². The molecule has 4 nitrogen and oxygen atoms in total. The lowest BCUT2D eigenvalue weighted by Crippen LogP contribution is -2.13. The third-order valence-corrected chi connectivity index (χ3v) is 3.66. The highest BCUT2D eigenvalue weighted by Crippen LogP contribution is 2.27. The van der Waals surface area contributed by atoms with Gasteiger partial charge in [0.15, 0.2) is 9.84 Å². The van der Waals surface area contributed by atoms with Crippen molar-refractivity contribution in [1.82, 2.24) is 0 Å². The molecule has 0 heterocycles. The fourth-order valence-corrected chi connectivity index (χ4v) is 2.52. The van der Waals surface area contributed by atoms with Gasteiger partial charge in [-0.2, -0.15) is 0 Å². The van der Waals surface area contributed by atoms with E-state index in [2.05, 4.69) is 0 Å². The summed E-state index contributed by atoms with van der Waals surface area (Å²) in [4.78, 5) is 0.296. The normalized spacial score (nSPS) is 13.5. The van der Waals surface area contributed by atoms with Crippen molar-refractivity contribution in [2.45, 2.75) is 17.7 Å². The lowest BCUT2D eigenvalue weighted by molar-refractivity contribution is 0.413. The summed E-state index contributed by atoms with van der Waals surface area (Å²) in [5, 5.41) is 0. The third-order valence-electron chi connectivity index (χ3n) is 2.50. The smallest absolute Gasteiger partial charge is 0.175 e. The van der Waals surface area contributed by atoms with Gasteiger partial charge in [0.05, 0.1) is 12.0 Å². The Morgan fingerprint density at radius 3 is 2.50 bits per heavy atom. The molecule has 0 fully saturated rings. The quantitative estimate of drug-likeness (QED) is 0.861. The highest BCUT2D eigenvalue weighted by atomic mass is 32.2. The number of rotatable bonds is 4. The second-order valence-electron chi connectivity index (χ2n) is 3.81. The number of sulfone groups is 1. The van der Waals surface area contributed by atoms with Crippen molar-refractivity contribution < 1.29 is 13.2 Å². The standard InChI is InChI=1S/C11H17NO3S/c1-8(7-12)10-5-4-9(15-2)6-11(10)16(3,13)14/h4-6,8H,7,12H2,1-3H3. The molecule has 1 unspecified atom stereocenters. The van der Waals surface area contributed by atoms with Crippen molar-refractivity contribution in [2.24, 2.45) is 5.73 Å². The molecule has 1 aromatic carbocycles. The van der Waals surface area contributed by atoms with E-state index in [4.69, 9.17) is 10.5 Å². The molecule has 0 spiro atoms. The van der Waals surface area contributed by atoms with Crippen LogP contribution < -0.4 is 10.5 Å². The summed E-state index contributed by atoms with van der Waals surface area (Å²) in [6.07, 6.45) is 1.19. The average Bonchev–Trinajstić information content (AvgIpc) is 2.26. The summed E-state index contributed by atoms with van der Waals surface area (Å²) in [6, 6.07) is 5.04. The van der Waals surface area contributed by atoms with E-state index in [-0.39, 0.29) is 5.92 Å². The molecule has 2 N–H and O–H groups in total. The average molecular weight is 243 g/mol. The Morgan fingerprint density at radius 1 is 1.44 bits per heavy atom. The van der Waals surface area contributed by atoms with Gasteiger partial charge in [0.2, 0.25) is 0 Å². The molecule has 0 aliphatic carbocycles. The van der Waals surface area contributed by atoms with Crippen LogP contribution in [0.4, 0.5) is 0 Å². The summed E-state index contributed by atoms with van der Waals surface area (Å²) in [5.74, 6) is 0.545. The lowest BCUT2D eigenvalue weighted by Gasteiger charge is -2.14. The molecular formula is C11H17NO3S. The summed E-state index contributed by atoms with van der Waals surface area (Å²) in [5.41, 5.74) is 6.30. The van der Waals surface area contributed by atoms with Crippen LogP contribution in [-0.2, 0) is 9.84 Å². The van der Waals surface area contributed by atoms with Gasteiger partial charge >= 0.3 is 0 Å². The molecule has 0 aliphatic heterocycles. The first-order valence-corrected chi connectivity index (χ1v) is 6.87. The van der Waals surface area contributed by atoms with Crippen molar-refractivity contribution in [2.75, 3.05) is 19.9 Å². The molecule has 0 amide bonds. The van der Waals surface area contributed by atoms with Gasteiger partial charge in [0.1, 0.15) is 5.75 Å². The maximum atomic E-state index is 11.6. The third kappa shape index (κ3) is 2.74. The second-order valence-corrected chi connectivity index (χ2v) is 5.80. The number of ether oxygens (including phenoxy) is 1. The van der Waals surface area contributed by atoms with Crippen LogP contribution in [0.1, 0.15) is 18.4 Å². The van der Waals surface area contributed by atoms with Crippen LogP contribution >= 0.6 is 0 Å². The maximum Gasteiger partial charge on any atom is 0.175 e. The van der Waals surface area contributed by atoms with Gasteiger partial charge in [-0.15, -0.1) is 0 Å². The van der Waals surface area contributed by atoms with Crippen LogP contribution in [0.3, 0.4) is 0 Å². The molecule has 1 rings (SSSR count). The van der Waals surface area contributed by atoms with E-state index in [1.807, 2.05) is 6.92 Å². The molecular weight excluding hydrogens is 226 g/mol. The molecule has 16 heavy (non-hydrogen) atoms. The van der Waals surface area contributed by atoms with Gasteiger partial charge in [-0.3, -0.25) is 0 Å². The Morgan fingerprint density at radius 2 is 2.06 bits per heavy atom. The highest BCUT2D eigenvalue weighted by Gasteiger charge is 2.17. The van der Waals surface area contributed by atoms with Gasteiger partial charge in [-0.25, -0.2) is 8.42 Å². The molecule has 5 heteroatoms. The van der Waals surface area contributed by atoms with Crippen molar-refractivity contribution >= 4 is 9.84 Å². The predicted octanol–water partition coefficient (Wildman–Crippen LogP) is 1.16. The molecule has 0 radical (unpaired) electrons. The van der Waals surface area contributed by atoms with Crippen LogP contribution in [0.15, 0.2) is 23.1 Å². The monoisotopic (exact) mass is 243 g/mol. The Balaban J connectivity index is 3.39. The largest absolute Gasteiger partial charge is 0.497 e. The Hall–Kier alpha value is -1.07. The van der Waals surface area contributed by atoms with Crippen molar-refractivity contribution in [1.29, 1.82) is 0 Å². The summed E-state index contributed by atoms with van der Waals surface area (Å²) in [6.45, 7) is 2.31. The van der Waals surface area contributed by atoms with Crippen LogP contribution in [0.25, 0.3) is 0 Å².